The fourth-order valence-electron chi connectivity index (χ4n) is 1.66. The number of nitrogens with one attached hydrogen (secondary N) is 2. The summed E-state index contributed by atoms with van der Waals surface area (Å²) in [5, 5.41) is 6.77. The van der Waals surface area contributed by atoms with Crippen molar-refractivity contribution >= 4 is 33.6 Å². The standard InChI is InChI=1S/C15H22BrClN2O2/c1-10(19-14(20)21-15(2,3)4)8-18-9-11-7-12(17)5-6-13(11)16/h5-7,10,18H,8-9H2,1-4H3,(H,19,20). The molecule has 0 spiro atoms. The Morgan fingerprint density at radius 3 is 2.71 bits per heavy atom. The number of rotatable bonds is 5. The molecule has 2 N–H and O–H groups in total. The molecule has 1 rings (SSSR count). The number of benzene rings is 1. The molecule has 0 aliphatic heterocycles. The van der Waals surface area contributed by atoms with E-state index in [-0.39, 0.29) is 6.04 Å². The third-order valence-electron chi connectivity index (χ3n) is 2.54. The lowest BCUT2D eigenvalue weighted by atomic mass is 10.2. The zero-order valence-electron chi connectivity index (χ0n) is 12.8. The van der Waals surface area contributed by atoms with E-state index in [1.54, 1.807) is 0 Å². The van der Waals surface area contributed by atoms with Crippen LogP contribution >= 0.6 is 27.5 Å². The first kappa shape index (κ1) is 18.3. The molecule has 0 bridgehead atoms. The Hall–Kier alpha value is -0.780. The van der Waals surface area contributed by atoms with Gasteiger partial charge in [-0.05, 0) is 51.5 Å². The van der Waals surface area contributed by atoms with Crippen LogP contribution in [0.15, 0.2) is 22.7 Å². The molecular formula is C15H22BrClN2O2. The Morgan fingerprint density at radius 1 is 1.43 bits per heavy atom. The first-order valence-electron chi connectivity index (χ1n) is 6.81. The van der Waals surface area contributed by atoms with Crippen LogP contribution in [0.1, 0.15) is 33.3 Å². The molecule has 0 saturated carbocycles. The number of alkyl carbamates (subject to hydrolysis) is 1. The van der Waals surface area contributed by atoms with Crippen molar-refractivity contribution in [1.29, 1.82) is 0 Å². The van der Waals surface area contributed by atoms with Crippen LogP contribution in [0, 0.1) is 0 Å². The van der Waals surface area contributed by atoms with Gasteiger partial charge in [-0.25, -0.2) is 4.79 Å². The van der Waals surface area contributed by atoms with Gasteiger partial charge in [0.25, 0.3) is 0 Å². The summed E-state index contributed by atoms with van der Waals surface area (Å²) >= 11 is 9.45. The van der Waals surface area contributed by atoms with Gasteiger partial charge in [0.1, 0.15) is 5.60 Å². The summed E-state index contributed by atoms with van der Waals surface area (Å²) in [6, 6.07) is 5.63. The van der Waals surface area contributed by atoms with Crippen molar-refractivity contribution in [3.8, 4) is 0 Å². The van der Waals surface area contributed by atoms with Crippen LogP contribution in [0.25, 0.3) is 0 Å². The van der Waals surface area contributed by atoms with E-state index in [1.165, 1.54) is 0 Å². The number of halogens is 2. The zero-order valence-corrected chi connectivity index (χ0v) is 15.1. The number of carbonyl (C=O) groups excluding carboxylic acids is 1. The molecule has 0 aliphatic carbocycles. The first-order valence-corrected chi connectivity index (χ1v) is 7.98. The summed E-state index contributed by atoms with van der Waals surface area (Å²) < 4.78 is 6.21. The molecule has 1 unspecified atom stereocenters. The Labute approximate surface area is 139 Å². The largest absolute Gasteiger partial charge is 0.444 e. The van der Waals surface area contributed by atoms with Crippen LogP contribution < -0.4 is 10.6 Å². The van der Waals surface area contributed by atoms with Gasteiger partial charge in [-0.15, -0.1) is 0 Å². The molecule has 4 nitrogen and oxygen atoms in total. The van der Waals surface area contributed by atoms with Gasteiger partial charge in [0, 0.05) is 28.6 Å². The van der Waals surface area contributed by atoms with Gasteiger partial charge in [-0.1, -0.05) is 27.5 Å². The topological polar surface area (TPSA) is 50.4 Å². The lowest BCUT2D eigenvalue weighted by molar-refractivity contribution is 0.0508. The molecule has 1 aromatic rings. The fraction of sp³-hybridized carbons (Fsp3) is 0.533. The summed E-state index contributed by atoms with van der Waals surface area (Å²) in [4.78, 5) is 11.6. The van der Waals surface area contributed by atoms with Gasteiger partial charge in [-0.3, -0.25) is 0 Å². The molecule has 6 heteroatoms. The van der Waals surface area contributed by atoms with E-state index in [9.17, 15) is 4.79 Å². The average molecular weight is 378 g/mol. The van der Waals surface area contributed by atoms with Crippen molar-refractivity contribution in [3.05, 3.63) is 33.3 Å². The second-order valence-corrected chi connectivity index (χ2v) is 7.20. The Kier molecular flexibility index (Phi) is 6.97. The highest BCUT2D eigenvalue weighted by molar-refractivity contribution is 9.10. The van der Waals surface area contributed by atoms with Crippen molar-refractivity contribution in [2.75, 3.05) is 6.54 Å². The molecule has 0 saturated heterocycles. The van der Waals surface area contributed by atoms with Crippen molar-refractivity contribution in [2.45, 2.75) is 45.9 Å². The van der Waals surface area contributed by atoms with Crippen LogP contribution in [-0.4, -0.2) is 24.3 Å². The van der Waals surface area contributed by atoms with Crippen LogP contribution in [0.3, 0.4) is 0 Å². The maximum Gasteiger partial charge on any atom is 0.407 e. The van der Waals surface area contributed by atoms with Crippen LogP contribution in [-0.2, 0) is 11.3 Å². The van der Waals surface area contributed by atoms with Crippen LogP contribution in [0.2, 0.25) is 5.02 Å². The van der Waals surface area contributed by atoms with Gasteiger partial charge < -0.3 is 15.4 Å². The Morgan fingerprint density at radius 2 is 2.10 bits per heavy atom. The molecule has 0 heterocycles. The monoisotopic (exact) mass is 376 g/mol. The third-order valence-corrected chi connectivity index (χ3v) is 3.55. The minimum atomic E-state index is -0.483. The van der Waals surface area contributed by atoms with Gasteiger partial charge in [-0.2, -0.15) is 0 Å². The van der Waals surface area contributed by atoms with E-state index in [0.29, 0.717) is 18.1 Å². The molecule has 0 fully saturated rings. The van der Waals surface area contributed by atoms with Crippen molar-refractivity contribution in [3.63, 3.8) is 0 Å². The molecule has 1 atom stereocenters. The first-order chi connectivity index (χ1) is 9.67. The third kappa shape index (κ3) is 7.69. The van der Waals surface area contributed by atoms with Gasteiger partial charge in [0.2, 0.25) is 0 Å². The molecule has 1 aromatic carbocycles. The van der Waals surface area contributed by atoms with E-state index >= 15 is 0 Å². The summed E-state index contributed by atoms with van der Waals surface area (Å²) in [6.07, 6.45) is -0.402. The van der Waals surface area contributed by atoms with E-state index in [0.717, 1.165) is 10.0 Å². The quantitative estimate of drug-likeness (QED) is 0.812. The number of ether oxygens (including phenoxy) is 1. The molecular weight excluding hydrogens is 356 g/mol. The van der Waals surface area contributed by atoms with Crippen LogP contribution in [0.4, 0.5) is 4.79 Å². The number of amides is 1. The highest BCUT2D eigenvalue weighted by Crippen LogP contribution is 2.20. The fourth-order valence-corrected chi connectivity index (χ4v) is 2.24. The van der Waals surface area contributed by atoms with Crippen molar-refractivity contribution < 1.29 is 9.53 Å². The normalized spacial score (nSPS) is 12.9. The zero-order chi connectivity index (χ0) is 16.0. The van der Waals surface area contributed by atoms with E-state index in [1.807, 2.05) is 45.9 Å². The number of hydrogen-bond donors (Lipinski definition) is 2. The Bertz CT molecular complexity index is 489. The minimum absolute atomic E-state index is 0.0298. The average Bonchev–Trinajstić information content (AvgIpc) is 2.31. The molecule has 0 aliphatic rings. The lowest BCUT2D eigenvalue weighted by Crippen LogP contribution is -2.42. The lowest BCUT2D eigenvalue weighted by Gasteiger charge is -2.22. The van der Waals surface area contributed by atoms with Crippen molar-refractivity contribution in [2.24, 2.45) is 0 Å². The van der Waals surface area contributed by atoms with E-state index in [4.69, 9.17) is 16.3 Å². The van der Waals surface area contributed by atoms with Gasteiger partial charge >= 0.3 is 6.09 Å². The maximum atomic E-state index is 11.6. The molecule has 118 valence electrons. The maximum absolute atomic E-state index is 11.6. The summed E-state index contributed by atoms with van der Waals surface area (Å²) in [5.74, 6) is 0. The van der Waals surface area contributed by atoms with E-state index < -0.39 is 11.7 Å². The SMILES string of the molecule is CC(CNCc1cc(Cl)ccc1Br)NC(=O)OC(C)(C)C. The predicted octanol–water partition coefficient (Wildman–Crippen LogP) is 4.11. The highest BCUT2D eigenvalue weighted by Gasteiger charge is 2.17. The highest BCUT2D eigenvalue weighted by atomic mass is 79.9. The predicted molar refractivity (Wildman–Crippen MR) is 89.7 cm³/mol. The Balaban J connectivity index is 2.35. The molecule has 0 aromatic heterocycles. The molecule has 21 heavy (non-hydrogen) atoms. The van der Waals surface area contributed by atoms with E-state index in [2.05, 4.69) is 26.6 Å². The second-order valence-electron chi connectivity index (χ2n) is 5.91. The molecule has 1 amide bonds. The number of carbonyl (C=O) groups is 1. The number of hydrogen-bond acceptors (Lipinski definition) is 3. The van der Waals surface area contributed by atoms with Gasteiger partial charge in [0.05, 0.1) is 0 Å². The van der Waals surface area contributed by atoms with Crippen molar-refractivity contribution in [1.82, 2.24) is 10.6 Å². The summed E-state index contributed by atoms with van der Waals surface area (Å²) in [6.45, 7) is 8.74. The minimum Gasteiger partial charge on any atom is -0.444 e. The second kappa shape index (κ2) is 8.01. The van der Waals surface area contributed by atoms with Gasteiger partial charge in [0.15, 0.2) is 0 Å². The van der Waals surface area contributed by atoms with Crippen LogP contribution in [0.5, 0.6) is 0 Å². The smallest absolute Gasteiger partial charge is 0.407 e. The summed E-state index contributed by atoms with van der Waals surface area (Å²) in [7, 11) is 0. The summed E-state index contributed by atoms with van der Waals surface area (Å²) in [5.41, 5.74) is 0.593. The molecule has 0 radical (unpaired) electrons.